The summed E-state index contributed by atoms with van der Waals surface area (Å²) in [5, 5.41) is 0.803. The molecule has 0 atom stereocenters. The van der Waals surface area contributed by atoms with Gasteiger partial charge in [0.2, 0.25) is 0 Å². The van der Waals surface area contributed by atoms with Crippen LogP contribution in [-0.2, 0) is 10.0 Å². The van der Waals surface area contributed by atoms with Crippen LogP contribution < -0.4 is 9.46 Å². The molecule has 8 heteroatoms. The highest BCUT2D eigenvalue weighted by Crippen LogP contribution is 2.34. The molecule has 0 aliphatic rings. The van der Waals surface area contributed by atoms with Gasteiger partial charge in [0.15, 0.2) is 0 Å². The molecule has 0 spiro atoms. The molecule has 1 N–H and O–H groups in total. The zero-order valence-corrected chi connectivity index (χ0v) is 17.8. The van der Waals surface area contributed by atoms with Crippen molar-refractivity contribution in [3.63, 3.8) is 0 Å². The number of benzene rings is 2. The van der Waals surface area contributed by atoms with E-state index in [-0.39, 0.29) is 4.90 Å². The van der Waals surface area contributed by atoms with Crippen LogP contribution >= 0.6 is 11.3 Å². The van der Waals surface area contributed by atoms with Crippen molar-refractivity contribution in [3.8, 4) is 16.3 Å². The van der Waals surface area contributed by atoms with E-state index < -0.39 is 10.0 Å². The summed E-state index contributed by atoms with van der Waals surface area (Å²) in [6.45, 7) is 3.69. The van der Waals surface area contributed by atoms with E-state index >= 15 is 0 Å². The van der Waals surface area contributed by atoms with Crippen LogP contribution in [0.4, 0.5) is 5.69 Å². The third-order valence-electron chi connectivity index (χ3n) is 4.65. The topological polar surface area (TPSA) is 81.2 Å². The van der Waals surface area contributed by atoms with Gasteiger partial charge in [-0.3, -0.25) is 4.72 Å². The fourth-order valence-electron chi connectivity index (χ4n) is 3.08. The summed E-state index contributed by atoms with van der Waals surface area (Å²) in [5.41, 5.74) is 3.78. The molecule has 0 fully saturated rings. The molecule has 4 rings (SSSR count). The van der Waals surface area contributed by atoms with Crippen molar-refractivity contribution in [1.82, 2.24) is 9.97 Å². The number of sulfonamides is 1. The number of methoxy groups -OCH3 is 1. The van der Waals surface area contributed by atoms with Gasteiger partial charge in [-0.1, -0.05) is 23.5 Å². The average Bonchev–Trinajstić information content (AvgIpc) is 3.13. The molecule has 2 heterocycles. The standard InChI is InChI=1S/C21H19N3O3S2/c1-13-12-15(9-10-19(13)27-3)29(25,26)24-17-7-4-6-16(14(17)2)20-23-18-8-5-11-22-21(18)28-20/h4-12,24H,1-3H3. The molecular weight excluding hydrogens is 406 g/mol. The number of hydrogen-bond donors (Lipinski definition) is 1. The highest BCUT2D eigenvalue weighted by molar-refractivity contribution is 7.92. The molecule has 0 saturated heterocycles. The van der Waals surface area contributed by atoms with E-state index in [9.17, 15) is 8.42 Å². The summed E-state index contributed by atoms with van der Waals surface area (Å²) in [4.78, 5) is 10.0. The molecule has 4 aromatic rings. The molecule has 29 heavy (non-hydrogen) atoms. The number of nitrogens with zero attached hydrogens (tertiary/aromatic N) is 2. The van der Waals surface area contributed by atoms with Gasteiger partial charge in [-0.15, -0.1) is 0 Å². The Bertz CT molecular complexity index is 1280. The van der Waals surface area contributed by atoms with Crippen LogP contribution in [0.3, 0.4) is 0 Å². The summed E-state index contributed by atoms with van der Waals surface area (Å²) < 4.78 is 33.8. The lowest BCUT2D eigenvalue weighted by Gasteiger charge is -2.14. The first-order valence-electron chi connectivity index (χ1n) is 8.88. The van der Waals surface area contributed by atoms with Gasteiger partial charge in [0.05, 0.1) is 17.7 Å². The SMILES string of the molecule is COc1ccc(S(=O)(=O)Nc2cccc(-c3nc4cccnc4s3)c2C)cc1C. The Morgan fingerprint density at radius 3 is 2.62 bits per heavy atom. The summed E-state index contributed by atoms with van der Waals surface area (Å²) in [7, 11) is -2.19. The van der Waals surface area contributed by atoms with E-state index in [0.717, 1.165) is 32.0 Å². The summed E-state index contributed by atoms with van der Waals surface area (Å²) >= 11 is 1.48. The van der Waals surface area contributed by atoms with Crippen molar-refractivity contribution in [3.05, 3.63) is 65.9 Å². The monoisotopic (exact) mass is 425 g/mol. The molecule has 0 saturated carbocycles. The summed E-state index contributed by atoms with van der Waals surface area (Å²) in [6.07, 6.45) is 1.73. The second-order valence-corrected chi connectivity index (χ2v) is 9.22. The molecule has 0 bridgehead atoms. The third kappa shape index (κ3) is 3.68. The van der Waals surface area contributed by atoms with Crippen molar-refractivity contribution >= 4 is 37.4 Å². The van der Waals surface area contributed by atoms with Crippen molar-refractivity contribution < 1.29 is 13.2 Å². The number of ether oxygens (including phenoxy) is 1. The molecule has 0 aliphatic heterocycles. The first-order chi connectivity index (χ1) is 13.9. The molecular formula is C21H19N3O3S2. The number of aromatic nitrogens is 2. The van der Waals surface area contributed by atoms with E-state index in [1.807, 2.05) is 38.1 Å². The second-order valence-electron chi connectivity index (χ2n) is 6.56. The maximum absolute atomic E-state index is 12.9. The molecule has 148 valence electrons. The third-order valence-corrected chi connectivity index (χ3v) is 7.03. The van der Waals surface area contributed by atoms with Crippen molar-refractivity contribution in [2.24, 2.45) is 0 Å². The zero-order valence-electron chi connectivity index (χ0n) is 16.1. The van der Waals surface area contributed by atoms with Gasteiger partial charge in [0.1, 0.15) is 21.1 Å². The Labute approximate surface area is 173 Å². The first-order valence-corrected chi connectivity index (χ1v) is 11.2. The Kier molecular flexibility index (Phi) is 4.97. The minimum atomic E-state index is -3.74. The van der Waals surface area contributed by atoms with Crippen LogP contribution in [0.15, 0.2) is 59.6 Å². The number of rotatable bonds is 5. The largest absolute Gasteiger partial charge is 0.496 e. The van der Waals surface area contributed by atoms with Crippen LogP contribution in [0.1, 0.15) is 11.1 Å². The lowest BCUT2D eigenvalue weighted by Crippen LogP contribution is -2.14. The first kappa shape index (κ1) is 19.4. The van der Waals surface area contributed by atoms with Gasteiger partial charge in [-0.05, 0) is 61.4 Å². The molecule has 2 aromatic heterocycles. The maximum atomic E-state index is 12.9. The fraction of sp³-hybridized carbons (Fsp3) is 0.143. The lowest BCUT2D eigenvalue weighted by atomic mass is 10.1. The quantitative estimate of drug-likeness (QED) is 0.497. The minimum absolute atomic E-state index is 0.185. The number of hydrogen-bond acceptors (Lipinski definition) is 6. The second kappa shape index (κ2) is 7.46. The number of pyridine rings is 1. The lowest BCUT2D eigenvalue weighted by molar-refractivity contribution is 0.411. The van der Waals surface area contributed by atoms with E-state index in [0.29, 0.717) is 11.4 Å². The Hall–Kier alpha value is -2.97. The van der Waals surface area contributed by atoms with Crippen LogP contribution in [0.5, 0.6) is 5.75 Å². The number of fused-ring (bicyclic) bond motifs is 1. The predicted molar refractivity (Wildman–Crippen MR) is 116 cm³/mol. The highest BCUT2D eigenvalue weighted by Gasteiger charge is 2.18. The van der Waals surface area contributed by atoms with Crippen LogP contribution in [0, 0.1) is 13.8 Å². The van der Waals surface area contributed by atoms with E-state index in [2.05, 4.69) is 14.7 Å². The normalized spacial score (nSPS) is 11.6. The molecule has 2 aromatic carbocycles. The van der Waals surface area contributed by atoms with Gasteiger partial charge >= 0.3 is 0 Å². The smallest absolute Gasteiger partial charge is 0.261 e. The number of anilines is 1. The van der Waals surface area contributed by atoms with E-state index in [4.69, 9.17) is 4.74 Å². The Morgan fingerprint density at radius 2 is 1.90 bits per heavy atom. The highest BCUT2D eigenvalue weighted by atomic mass is 32.2. The summed E-state index contributed by atoms with van der Waals surface area (Å²) in [6, 6.07) is 14.0. The maximum Gasteiger partial charge on any atom is 0.261 e. The average molecular weight is 426 g/mol. The van der Waals surface area contributed by atoms with Gasteiger partial charge < -0.3 is 4.74 Å². The fourth-order valence-corrected chi connectivity index (χ4v) is 5.28. The molecule has 0 unspecified atom stereocenters. The minimum Gasteiger partial charge on any atom is -0.496 e. The molecule has 0 aliphatic carbocycles. The van der Waals surface area contributed by atoms with Crippen molar-refractivity contribution in [2.75, 3.05) is 11.8 Å². The number of nitrogens with one attached hydrogen (secondary N) is 1. The number of thiazole rings is 1. The van der Waals surface area contributed by atoms with Crippen LogP contribution in [-0.4, -0.2) is 25.5 Å². The molecule has 6 nitrogen and oxygen atoms in total. The van der Waals surface area contributed by atoms with Crippen molar-refractivity contribution in [2.45, 2.75) is 18.7 Å². The number of aryl methyl sites for hydroxylation is 1. The molecule has 0 amide bonds. The Morgan fingerprint density at radius 1 is 1.07 bits per heavy atom. The predicted octanol–water partition coefficient (Wildman–Crippen LogP) is 4.78. The van der Waals surface area contributed by atoms with Crippen molar-refractivity contribution in [1.29, 1.82) is 0 Å². The Balaban J connectivity index is 1.71. The van der Waals surface area contributed by atoms with Gasteiger partial charge in [0, 0.05) is 11.8 Å². The van der Waals surface area contributed by atoms with Gasteiger partial charge in [0.25, 0.3) is 10.0 Å². The van der Waals surface area contributed by atoms with E-state index in [1.165, 1.54) is 17.4 Å². The van der Waals surface area contributed by atoms with Gasteiger partial charge in [-0.25, -0.2) is 18.4 Å². The van der Waals surface area contributed by atoms with Crippen LogP contribution in [0.25, 0.3) is 20.9 Å². The van der Waals surface area contributed by atoms with E-state index in [1.54, 1.807) is 31.5 Å². The van der Waals surface area contributed by atoms with Crippen LogP contribution in [0.2, 0.25) is 0 Å². The molecule has 0 radical (unpaired) electrons. The zero-order chi connectivity index (χ0) is 20.6. The van der Waals surface area contributed by atoms with Gasteiger partial charge in [-0.2, -0.15) is 0 Å². The summed E-state index contributed by atoms with van der Waals surface area (Å²) in [5.74, 6) is 0.645.